The van der Waals surface area contributed by atoms with E-state index in [0.717, 1.165) is 6.92 Å². The molecule has 2 atom stereocenters. The molecule has 10 heteroatoms. The Balaban J connectivity index is -0.0000000605. The maximum atomic E-state index is 11.0. The summed E-state index contributed by atoms with van der Waals surface area (Å²) in [6.45, 7) is 2.39. The largest absolute Gasteiger partial charge is 2.00 e. The van der Waals surface area contributed by atoms with Gasteiger partial charge in [-0.2, -0.15) is 0 Å². The van der Waals surface area contributed by atoms with E-state index in [1.807, 2.05) is 0 Å². The third kappa shape index (κ3) is 7.77. The van der Waals surface area contributed by atoms with E-state index >= 15 is 0 Å². The molecule has 0 aromatic rings. The molecule has 0 heterocycles. The van der Waals surface area contributed by atoms with Crippen molar-refractivity contribution in [3.8, 4) is 0 Å². The monoisotopic (exact) mass is 284 g/mol. The van der Waals surface area contributed by atoms with Crippen LogP contribution >= 0.6 is 15.2 Å². The molecule has 0 rings (SSSR count). The average Bonchev–Trinajstić information content (AvgIpc) is 1.84. The van der Waals surface area contributed by atoms with Crippen molar-refractivity contribution in [3.05, 3.63) is 0 Å². The molecule has 0 fully saturated rings. The number of hydrogen-bond acceptors (Lipinski definition) is 3. The molecule has 14 heavy (non-hydrogen) atoms. The van der Waals surface area contributed by atoms with E-state index in [2.05, 4.69) is 4.52 Å². The van der Waals surface area contributed by atoms with E-state index in [-0.39, 0.29) is 78.2 Å². The van der Waals surface area contributed by atoms with E-state index in [1.165, 1.54) is 6.92 Å². The number of hydrogen-bond donors (Lipinski definition) is 3. The van der Waals surface area contributed by atoms with Crippen LogP contribution in [0.1, 0.15) is 18.1 Å². The summed E-state index contributed by atoms with van der Waals surface area (Å²) < 4.78 is 25.9. The van der Waals surface area contributed by atoms with Gasteiger partial charge in [-0.25, -0.2) is 0 Å². The Morgan fingerprint density at radius 3 is 1.93 bits per heavy atom. The molecule has 6 nitrogen and oxygen atoms in total. The van der Waals surface area contributed by atoms with Crippen LogP contribution in [0.3, 0.4) is 0 Å². The van der Waals surface area contributed by atoms with Crippen LogP contribution in [0, 0.1) is 0 Å². The second-order valence-electron chi connectivity index (χ2n) is 2.20. The Morgan fingerprint density at radius 2 is 1.71 bits per heavy atom. The predicted molar refractivity (Wildman–Crippen MR) is 52.0 cm³/mol. The Kier molecular flexibility index (Phi) is 13.4. The zero-order valence-electron chi connectivity index (χ0n) is 11.5. The molecule has 0 radical (unpaired) electrons. The minimum Gasteiger partial charge on any atom is -1.00 e. The van der Waals surface area contributed by atoms with Crippen molar-refractivity contribution < 1.29 is 62.2 Å². The van der Waals surface area contributed by atoms with Crippen molar-refractivity contribution >= 4 is 52.9 Å². The van der Waals surface area contributed by atoms with Crippen molar-refractivity contribution in [1.82, 2.24) is 0 Å². The molecule has 3 N–H and O–H groups in total. The Labute approximate surface area is 139 Å². The van der Waals surface area contributed by atoms with Crippen molar-refractivity contribution in [2.45, 2.75) is 19.2 Å². The average molecular weight is 284 g/mol. The summed E-state index contributed by atoms with van der Waals surface area (Å²) >= 11 is 0. The molecule has 0 saturated carbocycles. The third-order valence-electron chi connectivity index (χ3n) is 1.27. The van der Waals surface area contributed by atoms with E-state index < -0.39 is 20.6 Å². The normalized spacial score (nSPS) is 17.2. The molecule has 0 aliphatic carbocycles. The fourth-order valence-electron chi connectivity index (χ4n) is 0.483. The van der Waals surface area contributed by atoms with Crippen LogP contribution in [-0.4, -0.2) is 64.4 Å². The van der Waals surface area contributed by atoms with Gasteiger partial charge in [-0.3, -0.25) is 9.13 Å². The van der Waals surface area contributed by atoms with Crippen molar-refractivity contribution in [1.29, 1.82) is 0 Å². The van der Waals surface area contributed by atoms with Crippen LogP contribution in [0.25, 0.3) is 0 Å². The molecule has 0 saturated heterocycles. The zero-order valence-corrected chi connectivity index (χ0v) is 14.4. The first-order chi connectivity index (χ1) is 5.22. The van der Waals surface area contributed by atoms with Gasteiger partial charge in [0.15, 0.2) is 5.40 Å². The van der Waals surface area contributed by atoms with Gasteiger partial charge in [-0.15, -0.1) is 0 Å². The van der Waals surface area contributed by atoms with Gasteiger partial charge in [-0.05, 0) is 13.8 Å². The molecular weight excluding hydrogens is 269 g/mol. The van der Waals surface area contributed by atoms with E-state index in [1.54, 1.807) is 0 Å². The van der Waals surface area contributed by atoms with Gasteiger partial charge in [0.2, 0.25) is 0 Å². The second-order valence-corrected chi connectivity index (χ2v) is 6.72. The van der Waals surface area contributed by atoms with Crippen molar-refractivity contribution in [2.75, 3.05) is 6.61 Å². The SMILES string of the molecule is CCOP(=O)(O)C(C)P(=O)(O)O.[Ca+2].[H-].[H-].[H-].[Na+]. The van der Waals surface area contributed by atoms with Gasteiger partial charge in [0.05, 0.1) is 6.61 Å². The smallest absolute Gasteiger partial charge is 1.00 e. The molecule has 0 amide bonds. The quantitative estimate of drug-likeness (QED) is 0.396. The third-order valence-corrected chi connectivity index (χ3v) is 5.60. The summed E-state index contributed by atoms with van der Waals surface area (Å²) in [4.78, 5) is 26.1. The topological polar surface area (TPSA) is 104 Å². The molecule has 80 valence electrons. The second kappa shape index (κ2) is 8.62. The Hall–Kier alpha value is 2.56. The first kappa shape index (κ1) is 21.8. The summed E-state index contributed by atoms with van der Waals surface area (Å²) in [5.41, 5.74) is 0. The molecule has 0 bridgehead atoms. The molecule has 0 aromatic carbocycles. The first-order valence-electron chi connectivity index (χ1n) is 3.24. The van der Waals surface area contributed by atoms with Crippen LogP contribution in [0.4, 0.5) is 0 Å². The molecule has 2 unspecified atom stereocenters. The fraction of sp³-hybridized carbons (Fsp3) is 1.00. The standard InChI is InChI=1S/C4H12O6P2.Ca.Na.3H/c1-3-10-12(8,9)4(2)11(5,6)7;;;;;/h4H,3H2,1-2H3,(H,8,9)(H2,5,6,7);;;;;/q;+2;+1;3*-1. The maximum Gasteiger partial charge on any atom is 2.00 e. The molecule has 0 aromatic heterocycles. The maximum absolute atomic E-state index is 11.0. The first-order valence-corrected chi connectivity index (χ1v) is 6.57. The van der Waals surface area contributed by atoms with Crippen LogP contribution in [0.15, 0.2) is 0 Å². The van der Waals surface area contributed by atoms with Gasteiger partial charge in [0, 0.05) is 0 Å². The summed E-state index contributed by atoms with van der Waals surface area (Å²) in [5.74, 6) is 0. The van der Waals surface area contributed by atoms with Crippen LogP contribution in [-0.2, 0) is 13.7 Å². The summed E-state index contributed by atoms with van der Waals surface area (Å²) in [6.07, 6.45) is 0. The Bertz CT molecular complexity index is 253. The van der Waals surface area contributed by atoms with Gasteiger partial charge >= 0.3 is 82.5 Å². The molecule has 0 spiro atoms. The summed E-state index contributed by atoms with van der Waals surface area (Å²) in [6, 6.07) is 0. The van der Waals surface area contributed by atoms with Gasteiger partial charge < -0.3 is 23.5 Å². The van der Waals surface area contributed by atoms with E-state index in [9.17, 15) is 9.13 Å². The van der Waals surface area contributed by atoms with Crippen LogP contribution in [0.5, 0.6) is 0 Å². The van der Waals surface area contributed by atoms with Crippen LogP contribution in [0.2, 0.25) is 0 Å². The minimum atomic E-state index is -4.55. The predicted octanol–water partition coefficient (Wildman–Crippen LogP) is -2.31. The zero-order chi connectivity index (χ0) is 9.99. The van der Waals surface area contributed by atoms with Crippen molar-refractivity contribution in [2.24, 2.45) is 0 Å². The Morgan fingerprint density at radius 1 is 1.36 bits per heavy atom. The van der Waals surface area contributed by atoms with E-state index in [4.69, 9.17) is 14.7 Å². The summed E-state index contributed by atoms with van der Waals surface area (Å²) in [5, 5.41) is -1.66. The van der Waals surface area contributed by atoms with E-state index in [0.29, 0.717) is 0 Å². The fourth-order valence-corrected chi connectivity index (χ4v) is 2.79. The minimum absolute atomic E-state index is 0. The van der Waals surface area contributed by atoms with Gasteiger partial charge in [-0.1, -0.05) is 0 Å². The number of rotatable bonds is 4. The van der Waals surface area contributed by atoms with Crippen molar-refractivity contribution in [3.63, 3.8) is 0 Å². The summed E-state index contributed by atoms with van der Waals surface area (Å²) in [7, 11) is -8.71. The molecule has 0 aliphatic rings. The molecule has 0 aliphatic heterocycles. The van der Waals surface area contributed by atoms with Crippen LogP contribution < -0.4 is 29.6 Å². The van der Waals surface area contributed by atoms with Gasteiger partial charge in [0.25, 0.3) is 0 Å². The molecular formula is C4H15CaNaO6P2. The van der Waals surface area contributed by atoms with Gasteiger partial charge in [0.1, 0.15) is 0 Å².